The van der Waals surface area contributed by atoms with E-state index in [2.05, 4.69) is 0 Å². The number of carbonyl (C=O) groups is 2. The first-order chi connectivity index (χ1) is 3.46. The summed E-state index contributed by atoms with van der Waals surface area (Å²) < 4.78 is 0. The van der Waals surface area contributed by atoms with E-state index in [1.54, 1.807) is 0 Å². The summed E-state index contributed by atoms with van der Waals surface area (Å²) in [4.78, 5) is 17.8. The number of aliphatic carboxylic acids is 2. The van der Waals surface area contributed by atoms with Crippen LogP contribution >= 0.6 is 0 Å². The van der Waals surface area contributed by atoms with Gasteiger partial charge in [-0.3, -0.25) is 0 Å². The number of hydrogen-bond acceptors (Lipinski definition) is 4. The van der Waals surface area contributed by atoms with Crippen molar-refractivity contribution in [2.45, 2.75) is 13.8 Å². The van der Waals surface area contributed by atoms with Crippen molar-refractivity contribution in [2.24, 2.45) is 0 Å². The van der Waals surface area contributed by atoms with Crippen molar-refractivity contribution in [1.29, 1.82) is 0 Å². The molecule has 0 atom stereocenters. The second-order valence-electron chi connectivity index (χ2n) is 0.983. The van der Waals surface area contributed by atoms with Gasteiger partial charge in [0.15, 0.2) is 0 Å². The van der Waals surface area contributed by atoms with E-state index >= 15 is 0 Å². The Kier molecular flexibility index (Phi) is 36.1. The molecule has 0 saturated heterocycles. The zero-order chi connectivity index (χ0) is 7.15. The molecule has 0 aromatic rings. The third-order valence-corrected chi connectivity index (χ3v) is 0. The average molecular weight is 249 g/mol. The predicted molar refractivity (Wildman–Crippen MR) is 21.4 cm³/mol. The maximum absolute atomic E-state index is 8.89. The van der Waals surface area contributed by atoms with Crippen LogP contribution < -0.4 is 10.2 Å². The Morgan fingerprint density at radius 2 is 1.00 bits per heavy atom. The summed E-state index contributed by atoms with van der Waals surface area (Å²) in [5, 5.41) is 17.8. The van der Waals surface area contributed by atoms with E-state index in [0.717, 1.165) is 13.8 Å². The van der Waals surface area contributed by atoms with Crippen LogP contribution in [-0.2, 0) is 48.5 Å². The van der Waals surface area contributed by atoms with Crippen molar-refractivity contribution in [3.63, 3.8) is 0 Å². The predicted octanol–water partition coefficient (Wildman–Crippen LogP) is -2.49. The van der Waals surface area contributed by atoms with Crippen LogP contribution in [0.2, 0.25) is 0 Å². The summed E-state index contributed by atoms with van der Waals surface area (Å²) >= 11 is 0. The summed E-state index contributed by atoms with van der Waals surface area (Å²) in [6.45, 7) is 1.94. The second kappa shape index (κ2) is 16.1. The number of carboxylic acids is 2. The molecule has 0 amide bonds. The van der Waals surface area contributed by atoms with Gasteiger partial charge in [0.1, 0.15) is 0 Å². The van der Waals surface area contributed by atoms with Crippen molar-refractivity contribution in [2.75, 3.05) is 0 Å². The minimum atomic E-state index is -1.08. The van der Waals surface area contributed by atoms with Crippen LogP contribution in [0.15, 0.2) is 0 Å². The second-order valence-corrected chi connectivity index (χ2v) is 0.983. The van der Waals surface area contributed by atoms with Crippen LogP contribution in [-0.4, -0.2) is 11.9 Å². The molecular formula is C4H6O4Zn2. The molecule has 0 aromatic carbocycles. The molecule has 0 N–H and O–H groups in total. The standard InChI is InChI=1S/2C2H4O2.2Zn/c2*1-2(3)4;;/h2*1H3,(H,3,4);;/q;;;+2/p-2. The number of hydrogen-bond donors (Lipinski definition) is 0. The van der Waals surface area contributed by atoms with Crippen molar-refractivity contribution in [3.05, 3.63) is 0 Å². The molecule has 50 valence electrons. The van der Waals surface area contributed by atoms with Gasteiger partial charge in [0.05, 0.1) is 0 Å². The third kappa shape index (κ3) is 12100. The zero-order valence-corrected chi connectivity index (χ0v) is 12.0. The van der Waals surface area contributed by atoms with Crippen molar-refractivity contribution < 1.29 is 58.8 Å². The number of carboxylic acid groups (broad SMARTS) is 2. The van der Waals surface area contributed by atoms with Gasteiger partial charge in [0.25, 0.3) is 0 Å². The monoisotopic (exact) mass is 246 g/mol. The maximum Gasteiger partial charge on any atom is 2.00 e. The summed E-state index contributed by atoms with van der Waals surface area (Å²) in [7, 11) is 0. The van der Waals surface area contributed by atoms with Crippen LogP contribution in [0.1, 0.15) is 13.8 Å². The summed E-state index contributed by atoms with van der Waals surface area (Å²) in [6, 6.07) is 0. The zero-order valence-electron chi connectivity index (χ0n) is 6.05. The van der Waals surface area contributed by atoms with Gasteiger partial charge in [-0.15, -0.1) is 0 Å². The molecule has 0 aliphatic heterocycles. The minimum Gasteiger partial charge on any atom is -0.550 e. The van der Waals surface area contributed by atoms with Gasteiger partial charge in [-0.1, -0.05) is 0 Å². The molecule has 0 spiro atoms. The maximum atomic E-state index is 8.89. The average Bonchev–Trinajstić information content (AvgIpc) is 1.25. The van der Waals surface area contributed by atoms with E-state index in [-0.39, 0.29) is 39.0 Å². The fourth-order valence-corrected chi connectivity index (χ4v) is 0. The molecule has 0 heterocycles. The Labute approximate surface area is 84.5 Å². The largest absolute Gasteiger partial charge is 2.00 e. The first-order valence-electron chi connectivity index (χ1n) is 1.82. The number of rotatable bonds is 0. The summed E-state index contributed by atoms with van der Waals surface area (Å²) in [6.07, 6.45) is 0. The molecule has 0 rings (SSSR count). The molecule has 10 heavy (non-hydrogen) atoms. The molecule has 0 aliphatic carbocycles. The molecular weight excluding hydrogens is 243 g/mol. The van der Waals surface area contributed by atoms with E-state index in [4.69, 9.17) is 19.8 Å². The van der Waals surface area contributed by atoms with Gasteiger partial charge >= 0.3 is 19.5 Å². The van der Waals surface area contributed by atoms with E-state index in [1.807, 2.05) is 0 Å². The van der Waals surface area contributed by atoms with Gasteiger partial charge in [0, 0.05) is 31.4 Å². The van der Waals surface area contributed by atoms with Crippen LogP contribution in [0.5, 0.6) is 0 Å². The Bertz CT molecular complexity index is 73.3. The van der Waals surface area contributed by atoms with Gasteiger partial charge < -0.3 is 19.8 Å². The Morgan fingerprint density at radius 1 is 1.00 bits per heavy atom. The first-order valence-corrected chi connectivity index (χ1v) is 1.82. The molecule has 4 nitrogen and oxygen atoms in total. The molecule has 0 radical (unpaired) electrons. The molecule has 0 saturated carbocycles. The molecule has 0 aromatic heterocycles. The third-order valence-electron chi connectivity index (χ3n) is 0. The van der Waals surface area contributed by atoms with Crippen LogP contribution in [0.3, 0.4) is 0 Å². The normalized spacial score (nSPS) is 5.00. The molecule has 0 aliphatic rings. The quantitative estimate of drug-likeness (QED) is 0.444. The minimum absolute atomic E-state index is 0. The van der Waals surface area contributed by atoms with E-state index in [1.165, 1.54) is 0 Å². The molecule has 0 fully saturated rings. The van der Waals surface area contributed by atoms with Crippen molar-refractivity contribution in [3.8, 4) is 0 Å². The van der Waals surface area contributed by atoms with Crippen LogP contribution in [0.4, 0.5) is 0 Å². The van der Waals surface area contributed by atoms with Gasteiger partial charge in [-0.25, -0.2) is 0 Å². The summed E-state index contributed by atoms with van der Waals surface area (Å²) in [5.41, 5.74) is 0. The van der Waals surface area contributed by atoms with E-state index in [9.17, 15) is 0 Å². The molecule has 0 bridgehead atoms. The van der Waals surface area contributed by atoms with E-state index < -0.39 is 11.9 Å². The van der Waals surface area contributed by atoms with Crippen LogP contribution in [0, 0.1) is 0 Å². The first kappa shape index (κ1) is 22.5. The smallest absolute Gasteiger partial charge is 0.550 e. The fraction of sp³-hybridized carbons (Fsp3) is 0.500. The fourth-order valence-electron chi connectivity index (χ4n) is 0. The van der Waals surface area contributed by atoms with E-state index in [0.29, 0.717) is 0 Å². The van der Waals surface area contributed by atoms with Crippen molar-refractivity contribution >= 4 is 11.9 Å². The Balaban J connectivity index is -0.0000000300. The van der Waals surface area contributed by atoms with Crippen LogP contribution in [0.25, 0.3) is 0 Å². The van der Waals surface area contributed by atoms with Crippen molar-refractivity contribution in [1.82, 2.24) is 0 Å². The molecule has 6 heteroatoms. The van der Waals surface area contributed by atoms with Gasteiger partial charge in [0.2, 0.25) is 0 Å². The molecule has 0 unspecified atom stereocenters. The summed E-state index contributed by atoms with van der Waals surface area (Å²) in [5.74, 6) is -2.17. The van der Waals surface area contributed by atoms with Gasteiger partial charge in [-0.05, 0) is 13.8 Å². The van der Waals surface area contributed by atoms with Gasteiger partial charge in [-0.2, -0.15) is 0 Å². The Morgan fingerprint density at radius 3 is 1.00 bits per heavy atom. The SMILES string of the molecule is CC(=O)[O-].CC(=O)[O-].[Zn+2].[Zn]. The topological polar surface area (TPSA) is 80.3 Å². The number of carbonyl (C=O) groups excluding carboxylic acids is 2. The Hall–Kier alpha value is 0.187.